The average molecular weight is 700 g/mol. The molecule has 0 unspecified atom stereocenters. The molecule has 0 radical (unpaired) electrons. The molecule has 0 aliphatic rings. The lowest BCUT2D eigenvalue weighted by atomic mass is 10.00. The van der Waals surface area contributed by atoms with Crippen molar-refractivity contribution in [2.45, 2.75) is 0 Å². The van der Waals surface area contributed by atoms with Crippen molar-refractivity contribution in [2.75, 3.05) is 0 Å². The fraction of sp³-hybridized carbons (Fsp3) is 0. The van der Waals surface area contributed by atoms with Gasteiger partial charge in [0, 0.05) is 60.5 Å². The van der Waals surface area contributed by atoms with E-state index in [2.05, 4.69) is 169 Å². The molecule has 0 saturated carbocycles. The summed E-state index contributed by atoms with van der Waals surface area (Å²) in [6, 6.07) is 61.3. The summed E-state index contributed by atoms with van der Waals surface area (Å²) in [5.74, 6) is 0. The lowest BCUT2D eigenvalue weighted by molar-refractivity contribution is 1.16. The Morgan fingerprint density at radius 1 is 0.345 bits per heavy atom. The van der Waals surface area contributed by atoms with Crippen LogP contribution in [0, 0.1) is 13.1 Å². The molecule has 5 nitrogen and oxygen atoms in total. The fourth-order valence-corrected chi connectivity index (χ4v) is 8.77. The molecule has 5 heteroatoms. The molecule has 0 saturated heterocycles. The smallest absolute Gasteiger partial charge is 0.196 e. The van der Waals surface area contributed by atoms with Crippen LogP contribution >= 0.6 is 0 Å². The molecule has 0 bridgehead atoms. The molecule has 3 heterocycles. The van der Waals surface area contributed by atoms with Crippen LogP contribution in [0.25, 0.3) is 103 Å². The molecule has 0 amide bonds. The predicted octanol–water partition coefficient (Wildman–Crippen LogP) is 13.7. The molecule has 0 atom stereocenters. The van der Waals surface area contributed by atoms with Crippen molar-refractivity contribution in [3.05, 3.63) is 199 Å². The fourth-order valence-electron chi connectivity index (χ4n) is 8.77. The zero-order valence-corrected chi connectivity index (χ0v) is 29.5. The zero-order chi connectivity index (χ0) is 36.6. The van der Waals surface area contributed by atoms with E-state index >= 15 is 0 Å². The summed E-state index contributed by atoms with van der Waals surface area (Å²) in [5.41, 5.74) is 12.5. The van der Waals surface area contributed by atoms with E-state index in [0.29, 0.717) is 11.4 Å². The number of benzene rings is 8. The third-order valence-electron chi connectivity index (χ3n) is 11.1. The maximum absolute atomic E-state index is 8.36. The molecule has 0 aliphatic heterocycles. The third-order valence-corrected chi connectivity index (χ3v) is 11.1. The standard InChI is InChI=1S/C50H29N5/c1-51-33-25-27-40-38-17-5-9-22-45(38)54(49(40)30-33)34-14-11-13-32(29-34)50-42(52-2)19-12-24-48(50)55-46-23-10-6-18-39(46)41-31-35(26-28-47(41)55)53-43-20-7-3-15-36(43)37-16-4-8-21-44(37)53/h3-31H. The summed E-state index contributed by atoms with van der Waals surface area (Å²) in [4.78, 5) is 7.84. The van der Waals surface area contributed by atoms with Gasteiger partial charge in [-0.1, -0.05) is 109 Å². The Morgan fingerprint density at radius 2 is 0.873 bits per heavy atom. The van der Waals surface area contributed by atoms with E-state index in [0.717, 1.165) is 71.8 Å². The molecule has 0 spiro atoms. The van der Waals surface area contributed by atoms with Gasteiger partial charge in [0.1, 0.15) is 0 Å². The number of hydrogen-bond donors (Lipinski definition) is 0. The molecule has 3 aromatic heterocycles. The highest BCUT2D eigenvalue weighted by Crippen LogP contribution is 2.43. The van der Waals surface area contributed by atoms with Crippen molar-refractivity contribution in [2.24, 2.45) is 0 Å². The summed E-state index contributed by atoms with van der Waals surface area (Å²) >= 11 is 0. The quantitative estimate of drug-likeness (QED) is 0.163. The lowest BCUT2D eigenvalue weighted by Gasteiger charge is -2.17. The largest absolute Gasteiger partial charge is 0.310 e. The Labute approximate surface area is 316 Å². The summed E-state index contributed by atoms with van der Waals surface area (Å²) in [6.45, 7) is 16.1. The average Bonchev–Trinajstić information content (AvgIpc) is 3.88. The van der Waals surface area contributed by atoms with Gasteiger partial charge in [0.2, 0.25) is 0 Å². The molecule has 0 fully saturated rings. The number of aromatic nitrogens is 3. The van der Waals surface area contributed by atoms with Gasteiger partial charge in [0.15, 0.2) is 11.4 Å². The third kappa shape index (κ3) is 4.45. The lowest BCUT2D eigenvalue weighted by Crippen LogP contribution is -1.99. The summed E-state index contributed by atoms with van der Waals surface area (Å²) in [6.07, 6.45) is 0. The highest BCUT2D eigenvalue weighted by Gasteiger charge is 2.21. The van der Waals surface area contributed by atoms with Crippen molar-refractivity contribution in [1.82, 2.24) is 13.7 Å². The van der Waals surface area contributed by atoms with Crippen molar-refractivity contribution in [1.29, 1.82) is 0 Å². The van der Waals surface area contributed by atoms with Crippen LogP contribution in [0.3, 0.4) is 0 Å². The molecular formula is C50H29N5. The number of rotatable bonds is 4. The van der Waals surface area contributed by atoms with E-state index in [9.17, 15) is 0 Å². The number of para-hydroxylation sites is 4. The molecule has 0 N–H and O–H groups in total. The van der Waals surface area contributed by atoms with Gasteiger partial charge >= 0.3 is 0 Å². The van der Waals surface area contributed by atoms with Crippen molar-refractivity contribution < 1.29 is 0 Å². The normalized spacial score (nSPS) is 11.6. The molecule has 8 aromatic carbocycles. The highest BCUT2D eigenvalue weighted by molar-refractivity contribution is 6.13. The predicted molar refractivity (Wildman–Crippen MR) is 227 cm³/mol. The Morgan fingerprint density at radius 3 is 1.51 bits per heavy atom. The van der Waals surface area contributed by atoms with E-state index in [1.54, 1.807) is 0 Å². The maximum atomic E-state index is 8.36. The molecular weight excluding hydrogens is 671 g/mol. The van der Waals surface area contributed by atoms with E-state index in [1.807, 2.05) is 30.3 Å². The zero-order valence-electron chi connectivity index (χ0n) is 29.5. The van der Waals surface area contributed by atoms with E-state index in [4.69, 9.17) is 13.1 Å². The molecule has 11 rings (SSSR count). The van der Waals surface area contributed by atoms with Crippen molar-refractivity contribution >= 4 is 76.8 Å². The van der Waals surface area contributed by atoms with E-state index < -0.39 is 0 Å². The van der Waals surface area contributed by atoms with Gasteiger partial charge in [0.05, 0.1) is 40.7 Å². The van der Waals surface area contributed by atoms with Crippen LogP contribution in [0.1, 0.15) is 0 Å². The van der Waals surface area contributed by atoms with Crippen molar-refractivity contribution in [3.63, 3.8) is 0 Å². The highest BCUT2D eigenvalue weighted by atomic mass is 15.0. The SMILES string of the molecule is [C-]#[N+]c1ccc2c3ccccc3n(-c3cccc(-c4c([N+]#[C-])cccc4-n4c5ccccc5c5cc(-n6c7ccccc7c7ccccc76)ccc54)c3)c2c1. The minimum Gasteiger partial charge on any atom is -0.310 e. The molecule has 55 heavy (non-hydrogen) atoms. The van der Waals surface area contributed by atoms with E-state index in [1.165, 1.54) is 21.8 Å². The topological polar surface area (TPSA) is 23.5 Å². The van der Waals surface area contributed by atoms with Gasteiger partial charge in [-0.15, -0.1) is 0 Å². The van der Waals surface area contributed by atoms with Gasteiger partial charge < -0.3 is 13.7 Å². The summed E-state index contributed by atoms with van der Waals surface area (Å²) in [7, 11) is 0. The van der Waals surface area contributed by atoms with Crippen LogP contribution in [-0.4, -0.2) is 13.7 Å². The first-order chi connectivity index (χ1) is 27.2. The second-order valence-corrected chi connectivity index (χ2v) is 13.9. The summed E-state index contributed by atoms with van der Waals surface area (Å²) < 4.78 is 6.92. The minimum atomic E-state index is 0.583. The van der Waals surface area contributed by atoms with Crippen LogP contribution in [-0.2, 0) is 0 Å². The summed E-state index contributed by atoms with van der Waals surface area (Å²) in [5, 5.41) is 6.98. The second kappa shape index (κ2) is 11.8. The maximum Gasteiger partial charge on any atom is 0.196 e. The Kier molecular flexibility index (Phi) is 6.61. The van der Waals surface area contributed by atoms with Gasteiger partial charge in [-0.05, 0) is 72.3 Å². The molecule has 254 valence electrons. The van der Waals surface area contributed by atoms with Gasteiger partial charge in [0.25, 0.3) is 0 Å². The first-order valence-electron chi connectivity index (χ1n) is 18.3. The van der Waals surface area contributed by atoms with Gasteiger partial charge in [-0.2, -0.15) is 0 Å². The second-order valence-electron chi connectivity index (χ2n) is 13.9. The Balaban J connectivity index is 1.15. The van der Waals surface area contributed by atoms with Crippen LogP contribution < -0.4 is 0 Å². The molecule has 0 aliphatic carbocycles. The van der Waals surface area contributed by atoms with Crippen LogP contribution in [0.15, 0.2) is 176 Å². The molecule has 11 aromatic rings. The number of hydrogen-bond acceptors (Lipinski definition) is 0. The van der Waals surface area contributed by atoms with E-state index in [-0.39, 0.29) is 0 Å². The first kappa shape index (κ1) is 30.7. The Hall–Kier alpha value is -7.86. The van der Waals surface area contributed by atoms with Crippen LogP contribution in [0.2, 0.25) is 0 Å². The number of nitrogens with zero attached hydrogens (tertiary/aromatic N) is 5. The van der Waals surface area contributed by atoms with Gasteiger partial charge in [-0.25, -0.2) is 9.69 Å². The number of fused-ring (bicyclic) bond motifs is 9. The Bertz CT molecular complexity index is 3420. The van der Waals surface area contributed by atoms with Crippen molar-refractivity contribution in [3.8, 4) is 28.2 Å². The monoisotopic (exact) mass is 699 g/mol. The minimum absolute atomic E-state index is 0.583. The van der Waals surface area contributed by atoms with Gasteiger partial charge in [-0.3, -0.25) is 0 Å². The van der Waals surface area contributed by atoms with Crippen LogP contribution in [0.4, 0.5) is 11.4 Å². The first-order valence-corrected chi connectivity index (χ1v) is 18.3. The van der Waals surface area contributed by atoms with Crippen LogP contribution in [0.5, 0.6) is 0 Å².